The van der Waals surface area contributed by atoms with Gasteiger partial charge in [-0.1, -0.05) is 76.9 Å². The largest absolute Gasteiger partial charge is 0.463 e. The lowest BCUT2D eigenvalue weighted by Crippen LogP contribution is -2.34. The van der Waals surface area contributed by atoms with E-state index in [1.807, 2.05) is 6.08 Å². The second-order valence-electron chi connectivity index (χ2n) is 6.65. The Morgan fingerprint density at radius 3 is 2.00 bits per heavy atom. The number of aliphatic hydroxyl groups is 3. The number of esters is 1. The van der Waals surface area contributed by atoms with E-state index in [2.05, 4.69) is 6.92 Å². The van der Waals surface area contributed by atoms with Crippen LogP contribution >= 0.6 is 0 Å². The smallest absolute Gasteiger partial charge is 0.309 e. The van der Waals surface area contributed by atoms with E-state index in [1.165, 1.54) is 57.8 Å². The van der Waals surface area contributed by atoms with Gasteiger partial charge in [-0.2, -0.15) is 0 Å². The predicted octanol–water partition coefficient (Wildman–Crippen LogP) is 3.50. The molecule has 2 unspecified atom stereocenters. The maximum atomic E-state index is 11.4. The minimum atomic E-state index is -1.28. The van der Waals surface area contributed by atoms with Crippen LogP contribution in [0.4, 0.5) is 0 Å². The summed E-state index contributed by atoms with van der Waals surface area (Å²) in [5.74, 6) is -0.441. The molecule has 0 aliphatic heterocycles. The van der Waals surface area contributed by atoms with Gasteiger partial charge in [-0.3, -0.25) is 4.79 Å². The van der Waals surface area contributed by atoms with Crippen molar-refractivity contribution in [2.24, 2.45) is 0 Å². The zero-order chi connectivity index (χ0) is 18.8. The van der Waals surface area contributed by atoms with Crippen LogP contribution in [0.25, 0.3) is 0 Å². The quantitative estimate of drug-likeness (QED) is 0.210. The van der Waals surface area contributed by atoms with Crippen LogP contribution in [0.15, 0.2) is 12.2 Å². The molecule has 0 aromatic carbocycles. The van der Waals surface area contributed by atoms with Gasteiger partial charge in [-0.15, -0.1) is 0 Å². The lowest BCUT2D eigenvalue weighted by molar-refractivity contribution is -0.148. The minimum absolute atomic E-state index is 0.166. The fourth-order valence-corrected chi connectivity index (χ4v) is 2.52. The Balaban J connectivity index is 3.38. The Bertz CT molecular complexity index is 330. The number of rotatable bonds is 17. The first-order chi connectivity index (χ1) is 12.1. The second-order valence-corrected chi connectivity index (χ2v) is 6.65. The van der Waals surface area contributed by atoms with E-state index >= 15 is 0 Å². The molecule has 3 N–H and O–H groups in total. The van der Waals surface area contributed by atoms with Crippen molar-refractivity contribution in [3.05, 3.63) is 12.2 Å². The first kappa shape index (κ1) is 24.1. The number of ether oxygens (including phenoxy) is 1. The van der Waals surface area contributed by atoms with Gasteiger partial charge in [0.25, 0.3) is 0 Å². The molecule has 0 bridgehead atoms. The number of allylic oxidation sites excluding steroid dienone is 1. The maximum Gasteiger partial charge on any atom is 0.309 e. The highest BCUT2D eigenvalue weighted by Crippen LogP contribution is 2.11. The zero-order valence-electron chi connectivity index (χ0n) is 15.9. The summed E-state index contributed by atoms with van der Waals surface area (Å²) >= 11 is 0. The monoisotopic (exact) mass is 358 g/mol. The van der Waals surface area contributed by atoms with Gasteiger partial charge in [0, 0.05) is 0 Å². The lowest BCUT2D eigenvalue weighted by atomic mass is 10.1. The molecule has 5 heteroatoms. The summed E-state index contributed by atoms with van der Waals surface area (Å²) in [6, 6.07) is 0. The Hall–Kier alpha value is -0.910. The minimum Gasteiger partial charge on any atom is -0.463 e. The van der Waals surface area contributed by atoms with E-state index in [1.54, 1.807) is 6.08 Å². The number of carbonyl (C=O) groups is 1. The molecular weight excluding hydrogens is 320 g/mol. The van der Waals surface area contributed by atoms with Gasteiger partial charge in [0.2, 0.25) is 0 Å². The van der Waals surface area contributed by atoms with Crippen molar-refractivity contribution in [1.29, 1.82) is 0 Å². The Labute approximate surface area is 153 Å². The number of unbranched alkanes of at least 4 members (excludes halogenated alkanes) is 10. The summed E-state index contributed by atoms with van der Waals surface area (Å²) in [5.41, 5.74) is 0. The molecule has 0 aromatic rings. The van der Waals surface area contributed by atoms with Crippen LogP contribution in [0.5, 0.6) is 0 Å². The van der Waals surface area contributed by atoms with Gasteiger partial charge in [0.05, 0.1) is 13.0 Å². The van der Waals surface area contributed by atoms with Gasteiger partial charge >= 0.3 is 5.97 Å². The average Bonchev–Trinajstić information content (AvgIpc) is 2.62. The first-order valence-electron chi connectivity index (χ1n) is 9.89. The summed E-state index contributed by atoms with van der Waals surface area (Å²) < 4.78 is 4.82. The molecule has 25 heavy (non-hydrogen) atoms. The summed E-state index contributed by atoms with van der Waals surface area (Å²) in [6.07, 6.45) is 15.5. The van der Waals surface area contributed by atoms with Crippen LogP contribution in [-0.2, 0) is 9.53 Å². The first-order valence-corrected chi connectivity index (χ1v) is 9.89. The van der Waals surface area contributed by atoms with Crippen LogP contribution in [0.3, 0.4) is 0 Å². The Kier molecular flexibility index (Phi) is 17.2. The third-order valence-electron chi connectivity index (χ3n) is 4.22. The molecule has 0 saturated carbocycles. The van der Waals surface area contributed by atoms with Gasteiger partial charge in [-0.05, 0) is 12.8 Å². The lowest BCUT2D eigenvalue weighted by Gasteiger charge is -2.14. The Morgan fingerprint density at radius 2 is 1.44 bits per heavy atom. The summed E-state index contributed by atoms with van der Waals surface area (Å²) in [4.78, 5) is 11.4. The molecule has 148 valence electrons. The molecule has 0 amide bonds. The van der Waals surface area contributed by atoms with E-state index in [0.717, 1.165) is 12.8 Å². The highest BCUT2D eigenvalue weighted by atomic mass is 16.5. The van der Waals surface area contributed by atoms with Gasteiger partial charge < -0.3 is 20.1 Å². The zero-order valence-corrected chi connectivity index (χ0v) is 15.9. The summed E-state index contributed by atoms with van der Waals surface area (Å²) in [6.45, 7) is 1.39. The van der Waals surface area contributed by atoms with E-state index in [0.29, 0.717) is 0 Å². The van der Waals surface area contributed by atoms with Crippen molar-refractivity contribution < 1.29 is 24.9 Å². The number of aliphatic hydroxyl groups excluding tert-OH is 3. The van der Waals surface area contributed by atoms with Crippen LogP contribution in [0.1, 0.15) is 84.0 Å². The Morgan fingerprint density at radius 1 is 0.880 bits per heavy atom. The van der Waals surface area contributed by atoms with Crippen molar-refractivity contribution in [3.8, 4) is 0 Å². The number of hydrogen-bond acceptors (Lipinski definition) is 5. The molecule has 0 fully saturated rings. The molecule has 0 aromatic heterocycles. The highest BCUT2D eigenvalue weighted by Gasteiger charge is 2.16. The van der Waals surface area contributed by atoms with E-state index in [4.69, 9.17) is 14.9 Å². The van der Waals surface area contributed by atoms with Crippen LogP contribution < -0.4 is 0 Å². The highest BCUT2D eigenvalue weighted by molar-refractivity contribution is 5.71. The number of carbonyl (C=O) groups excluding carboxylic acids is 1. The summed E-state index contributed by atoms with van der Waals surface area (Å²) in [7, 11) is 0. The van der Waals surface area contributed by atoms with E-state index in [9.17, 15) is 9.90 Å². The third kappa shape index (κ3) is 16.3. The van der Waals surface area contributed by atoms with E-state index in [-0.39, 0.29) is 13.0 Å². The van der Waals surface area contributed by atoms with Crippen molar-refractivity contribution >= 4 is 5.97 Å². The van der Waals surface area contributed by atoms with Gasteiger partial charge in [0.15, 0.2) is 0 Å². The van der Waals surface area contributed by atoms with Crippen LogP contribution in [0.2, 0.25) is 0 Å². The molecule has 0 aliphatic carbocycles. The fourth-order valence-electron chi connectivity index (χ4n) is 2.52. The van der Waals surface area contributed by atoms with Crippen LogP contribution in [0, 0.1) is 0 Å². The summed E-state index contributed by atoms with van der Waals surface area (Å²) in [5, 5.41) is 27.1. The molecule has 0 heterocycles. The van der Waals surface area contributed by atoms with Gasteiger partial charge in [-0.25, -0.2) is 0 Å². The van der Waals surface area contributed by atoms with Crippen molar-refractivity contribution in [2.75, 3.05) is 13.2 Å². The maximum absolute atomic E-state index is 11.4. The van der Waals surface area contributed by atoms with Crippen LogP contribution in [-0.4, -0.2) is 46.7 Å². The van der Waals surface area contributed by atoms with Gasteiger partial charge in [0.1, 0.15) is 18.8 Å². The average molecular weight is 359 g/mol. The predicted molar refractivity (Wildman–Crippen MR) is 100 cm³/mol. The third-order valence-corrected chi connectivity index (χ3v) is 4.22. The molecule has 5 nitrogen and oxygen atoms in total. The van der Waals surface area contributed by atoms with Crippen molar-refractivity contribution in [2.45, 2.75) is 96.2 Å². The second kappa shape index (κ2) is 17.9. The van der Waals surface area contributed by atoms with Crippen molar-refractivity contribution in [1.82, 2.24) is 0 Å². The normalized spacial score (nSPS) is 13.9. The standard InChI is InChI=1S/C20H38O5/c1-2-3-4-5-6-7-8-9-10-11-12-13-14-15-20(24)25-17-19(23)18(22)16-21/h13-14,18-19,21-23H,2-12,15-17H2,1H3. The molecule has 0 rings (SSSR count). The molecule has 0 saturated heterocycles. The van der Waals surface area contributed by atoms with Crippen molar-refractivity contribution in [3.63, 3.8) is 0 Å². The van der Waals surface area contributed by atoms with E-state index < -0.39 is 24.8 Å². The molecule has 0 aliphatic rings. The molecule has 0 radical (unpaired) electrons. The molecular formula is C20H38O5. The SMILES string of the molecule is CCCCCCCCCCCCC=CCC(=O)OCC(O)C(O)CO. The fraction of sp³-hybridized carbons (Fsp3) is 0.850. The number of hydrogen-bond donors (Lipinski definition) is 3. The molecule has 0 spiro atoms. The topological polar surface area (TPSA) is 87.0 Å². The molecule has 2 atom stereocenters.